The molecule has 0 saturated carbocycles. The summed E-state index contributed by atoms with van der Waals surface area (Å²) >= 11 is 0. The zero-order valence-corrected chi connectivity index (χ0v) is 11.7. The van der Waals surface area contributed by atoms with Crippen molar-refractivity contribution in [2.24, 2.45) is 7.05 Å². The molecule has 1 heterocycles. The normalized spacial score (nSPS) is 13.1. The molecule has 2 aromatic rings. The highest BCUT2D eigenvalue weighted by molar-refractivity contribution is 7.89. The monoisotopic (exact) mass is 267 g/mol. The lowest BCUT2D eigenvalue weighted by atomic mass is 10.1. The largest absolute Gasteiger partial charge is 0.334 e. The number of nitrogens with one attached hydrogen (secondary N) is 1. The number of hydrogen-bond acceptors (Lipinski definition) is 3. The lowest BCUT2D eigenvalue weighted by Gasteiger charge is -2.20. The van der Waals surface area contributed by atoms with Crippen LogP contribution in [0, 0.1) is 0 Å². The van der Waals surface area contributed by atoms with Gasteiger partial charge >= 0.3 is 0 Å². The number of benzene rings is 1. The second-order valence-electron chi connectivity index (χ2n) is 5.36. The quantitative estimate of drug-likeness (QED) is 0.900. The summed E-state index contributed by atoms with van der Waals surface area (Å²) in [6.07, 6.45) is 1.66. The Bertz CT molecular complexity index is 681. The van der Waals surface area contributed by atoms with Crippen molar-refractivity contribution in [3.8, 4) is 0 Å². The van der Waals surface area contributed by atoms with Crippen molar-refractivity contribution < 1.29 is 8.42 Å². The average Bonchev–Trinajstić information content (AvgIpc) is 2.56. The maximum absolute atomic E-state index is 12.2. The molecule has 0 radical (unpaired) electrons. The Balaban J connectivity index is 2.48. The van der Waals surface area contributed by atoms with Crippen LogP contribution in [-0.2, 0) is 17.1 Å². The third-order valence-electron chi connectivity index (χ3n) is 2.45. The molecule has 0 atom stereocenters. The summed E-state index contributed by atoms with van der Waals surface area (Å²) in [7, 11) is -1.63. The minimum atomic E-state index is -3.50. The van der Waals surface area contributed by atoms with E-state index >= 15 is 0 Å². The predicted molar refractivity (Wildman–Crippen MR) is 70.8 cm³/mol. The number of sulfonamides is 1. The Morgan fingerprint density at radius 3 is 2.56 bits per heavy atom. The molecule has 0 bridgehead atoms. The van der Waals surface area contributed by atoms with Crippen molar-refractivity contribution in [1.82, 2.24) is 14.3 Å². The van der Waals surface area contributed by atoms with Crippen molar-refractivity contribution in [3.05, 3.63) is 24.5 Å². The van der Waals surface area contributed by atoms with E-state index in [0.717, 1.165) is 5.52 Å². The van der Waals surface area contributed by atoms with Gasteiger partial charge < -0.3 is 4.57 Å². The fourth-order valence-electron chi connectivity index (χ4n) is 1.75. The van der Waals surface area contributed by atoms with Crippen LogP contribution in [0.3, 0.4) is 0 Å². The third-order valence-corrected chi connectivity index (χ3v) is 4.20. The third kappa shape index (κ3) is 2.54. The van der Waals surface area contributed by atoms with Gasteiger partial charge in [-0.15, -0.1) is 0 Å². The maximum Gasteiger partial charge on any atom is 0.241 e. The van der Waals surface area contributed by atoms with Crippen molar-refractivity contribution in [3.63, 3.8) is 0 Å². The molecule has 98 valence electrons. The van der Waals surface area contributed by atoms with E-state index in [4.69, 9.17) is 0 Å². The molecule has 18 heavy (non-hydrogen) atoms. The van der Waals surface area contributed by atoms with Gasteiger partial charge in [0.25, 0.3) is 0 Å². The number of hydrogen-bond donors (Lipinski definition) is 1. The summed E-state index contributed by atoms with van der Waals surface area (Å²) in [4.78, 5) is 4.40. The summed E-state index contributed by atoms with van der Waals surface area (Å²) in [5.74, 6) is 0. The zero-order chi connectivity index (χ0) is 13.6. The molecule has 0 aliphatic heterocycles. The number of imidazole rings is 1. The molecule has 0 aliphatic rings. The molecule has 1 N–H and O–H groups in total. The smallest absolute Gasteiger partial charge is 0.241 e. The lowest BCUT2D eigenvalue weighted by molar-refractivity contribution is 0.491. The summed E-state index contributed by atoms with van der Waals surface area (Å²) in [5.41, 5.74) is 1.08. The van der Waals surface area contributed by atoms with Crippen LogP contribution in [0.2, 0.25) is 0 Å². The predicted octanol–water partition coefficient (Wildman–Crippen LogP) is 1.65. The Hall–Kier alpha value is -1.40. The molecule has 0 aliphatic carbocycles. The molecule has 2 rings (SSSR count). The van der Waals surface area contributed by atoms with Gasteiger partial charge in [-0.05, 0) is 39.0 Å². The van der Waals surface area contributed by atoms with E-state index in [9.17, 15) is 8.42 Å². The fraction of sp³-hybridized carbons (Fsp3) is 0.417. The Morgan fingerprint density at radius 1 is 1.28 bits per heavy atom. The van der Waals surface area contributed by atoms with Crippen molar-refractivity contribution >= 4 is 21.1 Å². The second kappa shape index (κ2) is 4.07. The first kappa shape index (κ1) is 13.0. The van der Waals surface area contributed by atoms with Gasteiger partial charge in [-0.25, -0.2) is 18.1 Å². The Labute approximate surface area is 107 Å². The van der Waals surface area contributed by atoms with Gasteiger partial charge in [0.2, 0.25) is 10.0 Å². The highest BCUT2D eigenvalue weighted by atomic mass is 32.2. The number of rotatable bonds is 2. The van der Waals surface area contributed by atoms with E-state index in [1.807, 2.05) is 32.4 Å². The van der Waals surface area contributed by atoms with E-state index < -0.39 is 15.6 Å². The number of aromatic nitrogens is 2. The Kier molecular flexibility index (Phi) is 2.95. The number of nitrogens with zero attached hydrogens (tertiary/aromatic N) is 2. The van der Waals surface area contributed by atoms with Crippen molar-refractivity contribution in [1.29, 1.82) is 0 Å². The van der Waals surface area contributed by atoms with E-state index in [1.54, 1.807) is 24.5 Å². The van der Waals surface area contributed by atoms with Gasteiger partial charge in [0, 0.05) is 12.6 Å². The molecule has 0 saturated heterocycles. The van der Waals surface area contributed by atoms with E-state index in [2.05, 4.69) is 9.71 Å². The molecule has 1 aromatic heterocycles. The minimum absolute atomic E-state index is 0.239. The first-order valence-corrected chi connectivity index (χ1v) is 7.12. The first-order chi connectivity index (χ1) is 8.19. The minimum Gasteiger partial charge on any atom is -0.334 e. The maximum atomic E-state index is 12.2. The molecule has 0 fully saturated rings. The fourth-order valence-corrected chi connectivity index (χ4v) is 3.18. The molecular weight excluding hydrogens is 250 g/mol. The summed E-state index contributed by atoms with van der Waals surface area (Å²) in [6, 6.07) is 4.95. The van der Waals surface area contributed by atoms with E-state index in [-0.39, 0.29) is 4.90 Å². The van der Waals surface area contributed by atoms with Crippen molar-refractivity contribution in [2.45, 2.75) is 31.2 Å². The topological polar surface area (TPSA) is 64.0 Å². The molecule has 1 aromatic carbocycles. The van der Waals surface area contributed by atoms with E-state index in [0.29, 0.717) is 5.52 Å². The Morgan fingerprint density at radius 2 is 1.94 bits per heavy atom. The summed E-state index contributed by atoms with van der Waals surface area (Å²) in [6.45, 7) is 5.43. The first-order valence-electron chi connectivity index (χ1n) is 5.64. The lowest BCUT2D eigenvalue weighted by Crippen LogP contribution is -2.40. The van der Waals surface area contributed by atoms with Crippen LogP contribution in [0.25, 0.3) is 11.0 Å². The van der Waals surface area contributed by atoms with Crippen LogP contribution in [0.15, 0.2) is 29.4 Å². The average molecular weight is 267 g/mol. The van der Waals surface area contributed by atoms with Gasteiger partial charge in [-0.2, -0.15) is 0 Å². The van der Waals surface area contributed by atoms with Crippen LogP contribution in [0.4, 0.5) is 0 Å². The summed E-state index contributed by atoms with van der Waals surface area (Å²) < 4.78 is 28.8. The number of aryl methyl sites for hydroxylation is 1. The molecule has 0 spiro atoms. The second-order valence-corrected chi connectivity index (χ2v) is 7.04. The summed E-state index contributed by atoms with van der Waals surface area (Å²) in [5, 5.41) is 0. The van der Waals surface area contributed by atoms with Gasteiger partial charge in [-0.1, -0.05) is 0 Å². The van der Waals surface area contributed by atoms with Gasteiger partial charge in [-0.3, -0.25) is 0 Å². The van der Waals surface area contributed by atoms with Crippen LogP contribution >= 0.6 is 0 Å². The highest BCUT2D eigenvalue weighted by Gasteiger charge is 2.22. The van der Waals surface area contributed by atoms with Crippen molar-refractivity contribution in [2.75, 3.05) is 0 Å². The van der Waals surface area contributed by atoms with Gasteiger partial charge in [0.05, 0.1) is 22.3 Å². The van der Waals surface area contributed by atoms with Crippen LogP contribution in [0.5, 0.6) is 0 Å². The zero-order valence-electron chi connectivity index (χ0n) is 10.9. The van der Waals surface area contributed by atoms with Crippen LogP contribution < -0.4 is 4.72 Å². The molecule has 0 amide bonds. The van der Waals surface area contributed by atoms with Gasteiger partial charge in [0.15, 0.2) is 0 Å². The molecule has 5 nitrogen and oxygen atoms in total. The molecule has 0 unspecified atom stereocenters. The van der Waals surface area contributed by atoms with Crippen LogP contribution in [0.1, 0.15) is 20.8 Å². The van der Waals surface area contributed by atoms with E-state index in [1.165, 1.54) is 0 Å². The molecular formula is C12H17N3O2S. The molecule has 6 heteroatoms. The standard InChI is InChI=1S/C12H17N3O2S/c1-12(2,3)14-18(16,17)9-5-6-11-10(7-9)13-8-15(11)4/h5-8,14H,1-4H3. The van der Waals surface area contributed by atoms with Gasteiger partial charge in [0.1, 0.15) is 0 Å². The highest BCUT2D eigenvalue weighted by Crippen LogP contribution is 2.18. The van der Waals surface area contributed by atoms with Crippen LogP contribution in [-0.4, -0.2) is 23.5 Å². The SMILES string of the molecule is Cn1cnc2cc(S(=O)(=O)NC(C)(C)C)ccc21. The number of fused-ring (bicyclic) bond motifs is 1.